The predicted octanol–water partition coefficient (Wildman–Crippen LogP) is 2.43. The van der Waals surface area contributed by atoms with Gasteiger partial charge in [-0.25, -0.2) is 4.98 Å². The van der Waals surface area contributed by atoms with Gasteiger partial charge < -0.3 is 4.90 Å². The number of rotatable bonds is 6. The van der Waals surface area contributed by atoms with Crippen LogP contribution in [0.3, 0.4) is 0 Å². The van der Waals surface area contributed by atoms with Gasteiger partial charge in [0.05, 0.1) is 5.69 Å². The summed E-state index contributed by atoms with van der Waals surface area (Å²) in [6.07, 6.45) is 1.84. The summed E-state index contributed by atoms with van der Waals surface area (Å²) in [6.45, 7) is 2.48. The summed E-state index contributed by atoms with van der Waals surface area (Å²) in [7, 11) is 1.90. The Morgan fingerprint density at radius 1 is 1.41 bits per heavy atom. The molecular formula is C11H15N7OS3. The van der Waals surface area contributed by atoms with Crippen molar-refractivity contribution in [1.82, 2.24) is 20.2 Å². The van der Waals surface area contributed by atoms with Crippen LogP contribution in [0, 0.1) is 6.92 Å². The van der Waals surface area contributed by atoms with Crippen LogP contribution in [0.2, 0.25) is 0 Å². The molecular weight excluding hydrogens is 342 g/mol. The van der Waals surface area contributed by atoms with Gasteiger partial charge in [-0.3, -0.25) is 9.78 Å². The third-order valence-corrected chi connectivity index (χ3v) is 4.34. The van der Waals surface area contributed by atoms with Gasteiger partial charge in [-0.05, 0) is 13.2 Å². The summed E-state index contributed by atoms with van der Waals surface area (Å²) in [5, 5.41) is 17.5. The van der Waals surface area contributed by atoms with Crippen molar-refractivity contribution in [1.29, 1.82) is 0 Å². The quantitative estimate of drug-likeness (QED) is 0.356. The molecule has 0 aliphatic rings. The number of thioether (sulfide) groups is 1. The number of hydrogen-bond acceptors (Lipinski definition) is 10. The van der Waals surface area contributed by atoms with Crippen LogP contribution in [-0.2, 0) is 0 Å². The minimum Gasteiger partial charge on any atom is -0.349 e. The van der Waals surface area contributed by atoms with Crippen LogP contribution in [0.1, 0.15) is 5.69 Å². The summed E-state index contributed by atoms with van der Waals surface area (Å²) < 4.78 is 0. The molecule has 0 radical (unpaired) electrons. The molecule has 11 heteroatoms. The van der Waals surface area contributed by atoms with Gasteiger partial charge in [-0.15, -0.1) is 20.4 Å². The maximum absolute atomic E-state index is 11.9. The van der Waals surface area contributed by atoms with Crippen LogP contribution in [-0.4, -0.2) is 45.8 Å². The van der Waals surface area contributed by atoms with Crippen LogP contribution in [0.5, 0.6) is 0 Å². The molecule has 8 nitrogen and oxygen atoms in total. The molecule has 2 heterocycles. The zero-order valence-electron chi connectivity index (χ0n) is 12.3. The van der Waals surface area contributed by atoms with Crippen LogP contribution < -0.4 is 10.5 Å². The average molecular weight is 357 g/mol. The van der Waals surface area contributed by atoms with E-state index in [0.29, 0.717) is 16.0 Å². The Morgan fingerprint density at radius 3 is 2.82 bits per heavy atom. The third kappa shape index (κ3) is 4.05. The van der Waals surface area contributed by atoms with Gasteiger partial charge in [0.25, 0.3) is 10.7 Å². The fraction of sp³-hybridized carbons (Fsp3) is 0.455. The lowest BCUT2D eigenvalue weighted by Gasteiger charge is -2.11. The molecule has 2 aromatic rings. The van der Waals surface area contributed by atoms with Crippen molar-refractivity contribution in [3.05, 3.63) is 16.0 Å². The van der Waals surface area contributed by atoms with Crippen molar-refractivity contribution in [2.24, 2.45) is 10.2 Å². The van der Waals surface area contributed by atoms with Crippen LogP contribution in [0.25, 0.3) is 0 Å². The van der Waals surface area contributed by atoms with Gasteiger partial charge in [0.2, 0.25) is 5.13 Å². The van der Waals surface area contributed by atoms with Gasteiger partial charge in [-0.2, -0.15) is 12.6 Å². The number of hydrogen-bond donors (Lipinski definition) is 2. The van der Waals surface area contributed by atoms with E-state index in [4.69, 9.17) is 0 Å². The fourth-order valence-electron chi connectivity index (χ4n) is 1.51. The van der Waals surface area contributed by atoms with E-state index in [2.05, 4.69) is 43.0 Å². The lowest BCUT2D eigenvalue weighted by atomic mass is 10.4. The van der Waals surface area contributed by atoms with Crippen molar-refractivity contribution in [3.8, 4) is 0 Å². The highest BCUT2D eigenvalue weighted by Gasteiger charge is 2.10. The van der Waals surface area contributed by atoms with Gasteiger partial charge in [0.15, 0.2) is 10.8 Å². The molecule has 0 fully saturated rings. The SMILES string of the molecule is CSc1nc(C)c(N=Nc2nnc(N(C)CCS)s2)c(=O)[nH]1. The maximum atomic E-state index is 11.9. The standard InChI is InChI=1S/C11H15N7OS3/c1-6-7(8(19)13-9(12-6)21-3)14-15-10-16-17-11(22-10)18(2)4-5-20/h20H,4-5H2,1-3H3,(H,12,13,19). The number of nitrogens with zero attached hydrogens (tertiary/aromatic N) is 6. The summed E-state index contributed by atoms with van der Waals surface area (Å²) >= 11 is 6.82. The predicted molar refractivity (Wildman–Crippen MR) is 92.6 cm³/mol. The normalized spacial score (nSPS) is 11.3. The molecule has 118 valence electrons. The highest BCUT2D eigenvalue weighted by Crippen LogP contribution is 2.27. The van der Waals surface area contributed by atoms with E-state index >= 15 is 0 Å². The van der Waals surface area contributed by atoms with Crippen molar-refractivity contribution < 1.29 is 0 Å². The number of aryl methyl sites for hydroxylation is 1. The first-order valence-electron chi connectivity index (χ1n) is 6.27. The Bertz CT molecular complexity index is 727. The Kier molecular flexibility index (Phi) is 5.91. The van der Waals surface area contributed by atoms with Crippen LogP contribution >= 0.6 is 35.7 Å². The van der Waals surface area contributed by atoms with E-state index in [-0.39, 0.29) is 11.2 Å². The van der Waals surface area contributed by atoms with E-state index in [9.17, 15) is 4.79 Å². The maximum Gasteiger partial charge on any atom is 0.279 e. The lowest BCUT2D eigenvalue weighted by molar-refractivity contribution is 0.898. The molecule has 0 spiro atoms. The first-order chi connectivity index (χ1) is 10.5. The Hall–Kier alpha value is -1.46. The Balaban J connectivity index is 2.21. The number of aromatic amines is 1. The summed E-state index contributed by atoms with van der Waals surface area (Å²) in [5.41, 5.74) is 0.379. The number of azo groups is 1. The largest absolute Gasteiger partial charge is 0.349 e. The number of aromatic nitrogens is 4. The molecule has 0 unspecified atom stereocenters. The molecule has 2 rings (SSSR count). The van der Waals surface area contributed by atoms with E-state index in [0.717, 1.165) is 17.4 Å². The second-order valence-corrected chi connectivity index (χ2v) is 6.40. The van der Waals surface area contributed by atoms with Crippen molar-refractivity contribution in [3.63, 3.8) is 0 Å². The minimum absolute atomic E-state index is 0.179. The van der Waals surface area contributed by atoms with E-state index in [1.165, 1.54) is 23.1 Å². The molecule has 2 aromatic heterocycles. The molecule has 0 atom stereocenters. The lowest BCUT2D eigenvalue weighted by Crippen LogP contribution is -2.19. The second kappa shape index (κ2) is 7.70. The van der Waals surface area contributed by atoms with Gasteiger partial charge in [0, 0.05) is 19.3 Å². The number of thiol groups is 1. The topological polar surface area (TPSA) is 99.5 Å². The van der Waals surface area contributed by atoms with E-state index < -0.39 is 0 Å². The summed E-state index contributed by atoms with van der Waals surface area (Å²) in [5.74, 6) is 0.717. The number of nitrogens with one attached hydrogen (secondary N) is 1. The number of anilines is 1. The first kappa shape index (κ1) is 16.9. The average Bonchev–Trinajstić information content (AvgIpc) is 2.95. The molecule has 0 saturated heterocycles. The van der Waals surface area contributed by atoms with Crippen molar-refractivity contribution in [2.75, 3.05) is 30.5 Å². The summed E-state index contributed by atoms with van der Waals surface area (Å²) in [4.78, 5) is 20.7. The van der Waals surface area contributed by atoms with Gasteiger partial charge in [-0.1, -0.05) is 23.1 Å². The van der Waals surface area contributed by atoms with Gasteiger partial charge >= 0.3 is 0 Å². The van der Waals surface area contributed by atoms with Crippen molar-refractivity contribution in [2.45, 2.75) is 12.1 Å². The fourth-order valence-corrected chi connectivity index (χ4v) is 2.89. The molecule has 0 saturated carbocycles. The molecule has 0 aromatic carbocycles. The zero-order chi connectivity index (χ0) is 16.1. The summed E-state index contributed by atoms with van der Waals surface area (Å²) in [6, 6.07) is 0. The monoisotopic (exact) mass is 357 g/mol. The smallest absolute Gasteiger partial charge is 0.279 e. The second-order valence-electron chi connectivity index (χ2n) is 4.22. The molecule has 0 bridgehead atoms. The van der Waals surface area contributed by atoms with E-state index in [1.54, 1.807) is 6.92 Å². The highest BCUT2D eigenvalue weighted by atomic mass is 32.2. The first-order valence-corrected chi connectivity index (χ1v) is 8.94. The van der Waals surface area contributed by atoms with Gasteiger partial charge in [0.1, 0.15) is 0 Å². The zero-order valence-corrected chi connectivity index (χ0v) is 14.8. The molecule has 0 aliphatic heterocycles. The molecule has 1 N–H and O–H groups in total. The molecule has 0 amide bonds. The van der Waals surface area contributed by atoms with Crippen LogP contribution in [0.4, 0.5) is 16.0 Å². The minimum atomic E-state index is -0.322. The Morgan fingerprint density at radius 2 is 2.18 bits per heavy atom. The van der Waals surface area contributed by atoms with Crippen LogP contribution in [0.15, 0.2) is 20.2 Å². The van der Waals surface area contributed by atoms with Crippen molar-refractivity contribution >= 4 is 51.7 Å². The Labute approximate surface area is 140 Å². The molecule has 22 heavy (non-hydrogen) atoms. The highest BCUT2D eigenvalue weighted by molar-refractivity contribution is 7.98. The molecule has 0 aliphatic carbocycles. The third-order valence-electron chi connectivity index (χ3n) is 2.64. The van der Waals surface area contributed by atoms with E-state index in [1.807, 2.05) is 18.2 Å². The number of H-pyrrole nitrogens is 1.